The summed E-state index contributed by atoms with van der Waals surface area (Å²) in [6.07, 6.45) is 2.78. The summed E-state index contributed by atoms with van der Waals surface area (Å²) < 4.78 is 26.7. The monoisotopic (exact) mass is 287 g/mol. The molecular formula is C13H18ClNO2S. The molecule has 2 rings (SSSR count). The molecule has 0 N–H and O–H groups in total. The largest absolute Gasteiger partial charge is 0.243 e. The SMILES string of the molecule is CCC1CCCN1S(=O)(=O)c1cccc(CCl)c1. The highest BCUT2D eigenvalue weighted by Crippen LogP contribution is 2.28. The molecule has 0 aromatic heterocycles. The smallest absolute Gasteiger partial charge is 0.207 e. The number of hydrogen-bond acceptors (Lipinski definition) is 2. The standard InChI is InChI=1S/C13H18ClNO2S/c1-2-12-6-4-8-15(12)18(16,17)13-7-3-5-11(9-13)10-14/h3,5,7,9,12H,2,4,6,8,10H2,1H3. The van der Waals surface area contributed by atoms with Gasteiger partial charge in [-0.1, -0.05) is 19.1 Å². The minimum absolute atomic E-state index is 0.148. The van der Waals surface area contributed by atoms with Crippen LogP contribution >= 0.6 is 11.6 Å². The minimum atomic E-state index is -3.36. The second-order valence-corrected chi connectivity index (χ2v) is 6.76. The van der Waals surface area contributed by atoms with Gasteiger partial charge in [-0.3, -0.25) is 0 Å². The molecule has 0 amide bonds. The van der Waals surface area contributed by atoms with Crippen LogP contribution in [0.1, 0.15) is 31.7 Å². The molecule has 0 bridgehead atoms. The summed E-state index contributed by atoms with van der Waals surface area (Å²) in [4.78, 5) is 0.362. The van der Waals surface area contributed by atoms with Gasteiger partial charge in [-0.15, -0.1) is 11.6 Å². The summed E-state index contributed by atoms with van der Waals surface area (Å²) >= 11 is 5.76. The maximum Gasteiger partial charge on any atom is 0.243 e. The maximum absolute atomic E-state index is 12.6. The topological polar surface area (TPSA) is 37.4 Å². The molecule has 1 fully saturated rings. The fourth-order valence-electron chi connectivity index (χ4n) is 2.46. The first-order chi connectivity index (χ1) is 8.59. The first-order valence-electron chi connectivity index (χ1n) is 6.26. The van der Waals surface area contributed by atoms with Crippen LogP contribution in [0, 0.1) is 0 Å². The predicted molar refractivity (Wildman–Crippen MR) is 73.2 cm³/mol. The first-order valence-corrected chi connectivity index (χ1v) is 8.23. The average molecular weight is 288 g/mol. The first kappa shape index (κ1) is 13.8. The lowest BCUT2D eigenvalue weighted by atomic mass is 10.2. The summed E-state index contributed by atoms with van der Waals surface area (Å²) in [6, 6.07) is 7.06. The highest BCUT2D eigenvalue weighted by Gasteiger charge is 2.34. The van der Waals surface area contributed by atoms with Crippen LogP contribution in [0.4, 0.5) is 0 Å². The Kier molecular flexibility index (Phi) is 4.30. The molecule has 5 heteroatoms. The average Bonchev–Trinajstić information content (AvgIpc) is 2.88. The third-order valence-electron chi connectivity index (χ3n) is 3.45. The van der Waals surface area contributed by atoms with Gasteiger partial charge in [0.15, 0.2) is 0 Å². The number of halogens is 1. The molecule has 0 aliphatic carbocycles. The lowest BCUT2D eigenvalue weighted by molar-refractivity contribution is 0.379. The molecule has 1 atom stereocenters. The third-order valence-corrected chi connectivity index (χ3v) is 5.71. The Morgan fingerprint density at radius 1 is 1.44 bits per heavy atom. The number of nitrogens with zero attached hydrogens (tertiary/aromatic N) is 1. The number of rotatable bonds is 4. The zero-order valence-electron chi connectivity index (χ0n) is 10.5. The maximum atomic E-state index is 12.6. The van der Waals surface area contributed by atoms with Gasteiger partial charge in [0.25, 0.3) is 0 Å². The van der Waals surface area contributed by atoms with Gasteiger partial charge in [-0.2, -0.15) is 4.31 Å². The molecular weight excluding hydrogens is 270 g/mol. The van der Waals surface area contributed by atoms with E-state index >= 15 is 0 Å². The van der Waals surface area contributed by atoms with Crippen molar-refractivity contribution >= 4 is 21.6 Å². The Bertz CT molecular complexity index is 515. The Morgan fingerprint density at radius 3 is 2.89 bits per heavy atom. The van der Waals surface area contributed by atoms with Gasteiger partial charge in [0.1, 0.15) is 0 Å². The van der Waals surface area contributed by atoms with Gasteiger partial charge in [0.2, 0.25) is 10.0 Å². The van der Waals surface area contributed by atoms with Gasteiger partial charge in [-0.05, 0) is 37.0 Å². The summed E-state index contributed by atoms with van der Waals surface area (Å²) in [6.45, 7) is 2.67. The van der Waals surface area contributed by atoms with E-state index in [4.69, 9.17) is 11.6 Å². The molecule has 1 unspecified atom stereocenters. The summed E-state index contributed by atoms with van der Waals surface area (Å²) in [5.74, 6) is 0.334. The van der Waals surface area contributed by atoms with Crippen molar-refractivity contribution in [3.63, 3.8) is 0 Å². The highest BCUT2D eigenvalue weighted by atomic mass is 35.5. The minimum Gasteiger partial charge on any atom is -0.207 e. The lowest BCUT2D eigenvalue weighted by Gasteiger charge is -2.23. The van der Waals surface area contributed by atoms with Gasteiger partial charge in [-0.25, -0.2) is 8.42 Å². The molecule has 1 aromatic rings. The van der Waals surface area contributed by atoms with Crippen molar-refractivity contribution in [2.75, 3.05) is 6.54 Å². The molecule has 0 radical (unpaired) electrons. The quantitative estimate of drug-likeness (QED) is 0.799. The predicted octanol–water partition coefficient (Wildman–Crippen LogP) is 2.99. The van der Waals surface area contributed by atoms with Gasteiger partial charge >= 0.3 is 0 Å². The summed E-state index contributed by atoms with van der Waals surface area (Å²) in [7, 11) is -3.36. The summed E-state index contributed by atoms with van der Waals surface area (Å²) in [5, 5.41) is 0. The fourth-order valence-corrected chi connectivity index (χ4v) is 4.46. The van der Waals surface area contributed by atoms with E-state index in [0.29, 0.717) is 17.3 Å². The Hall–Kier alpha value is -0.580. The molecule has 0 spiro atoms. The van der Waals surface area contributed by atoms with Crippen molar-refractivity contribution in [3.05, 3.63) is 29.8 Å². The van der Waals surface area contributed by atoms with Crippen LogP contribution in [0.15, 0.2) is 29.2 Å². The molecule has 3 nitrogen and oxygen atoms in total. The van der Waals surface area contributed by atoms with E-state index in [1.807, 2.05) is 13.0 Å². The van der Waals surface area contributed by atoms with Gasteiger partial charge < -0.3 is 0 Å². The van der Waals surface area contributed by atoms with Crippen LogP contribution in [0.5, 0.6) is 0 Å². The zero-order chi connectivity index (χ0) is 13.2. The van der Waals surface area contributed by atoms with Crippen LogP contribution < -0.4 is 0 Å². The number of benzene rings is 1. The van der Waals surface area contributed by atoms with Crippen LogP contribution in [0.3, 0.4) is 0 Å². The number of sulfonamides is 1. The van der Waals surface area contributed by atoms with Crippen LogP contribution in [0.25, 0.3) is 0 Å². The fraction of sp³-hybridized carbons (Fsp3) is 0.538. The molecule has 1 saturated heterocycles. The van der Waals surface area contributed by atoms with Crippen LogP contribution in [-0.2, 0) is 15.9 Å². The van der Waals surface area contributed by atoms with Crippen molar-refractivity contribution in [1.82, 2.24) is 4.31 Å². The van der Waals surface area contributed by atoms with Gasteiger partial charge in [0, 0.05) is 18.5 Å². The van der Waals surface area contributed by atoms with E-state index in [0.717, 1.165) is 24.8 Å². The second-order valence-electron chi connectivity index (χ2n) is 4.60. The van der Waals surface area contributed by atoms with Crippen molar-refractivity contribution in [3.8, 4) is 0 Å². The number of hydrogen-bond donors (Lipinski definition) is 0. The molecule has 0 saturated carbocycles. The van der Waals surface area contributed by atoms with Crippen LogP contribution in [-0.4, -0.2) is 25.3 Å². The molecule has 1 aliphatic rings. The van der Waals surface area contributed by atoms with E-state index in [1.54, 1.807) is 22.5 Å². The third kappa shape index (κ3) is 2.56. The number of alkyl halides is 1. The molecule has 18 heavy (non-hydrogen) atoms. The zero-order valence-corrected chi connectivity index (χ0v) is 12.0. The van der Waals surface area contributed by atoms with Gasteiger partial charge in [0.05, 0.1) is 4.90 Å². The Morgan fingerprint density at radius 2 is 2.22 bits per heavy atom. The van der Waals surface area contributed by atoms with Crippen molar-refractivity contribution < 1.29 is 8.42 Å². The molecule has 1 aromatic carbocycles. The lowest BCUT2D eigenvalue weighted by Crippen LogP contribution is -2.35. The molecule has 1 aliphatic heterocycles. The van der Waals surface area contributed by atoms with E-state index in [9.17, 15) is 8.42 Å². The Labute approximate surface area is 114 Å². The van der Waals surface area contributed by atoms with Crippen molar-refractivity contribution in [1.29, 1.82) is 0 Å². The van der Waals surface area contributed by atoms with Crippen molar-refractivity contribution in [2.45, 2.75) is 43.0 Å². The van der Waals surface area contributed by atoms with E-state index in [2.05, 4.69) is 0 Å². The Balaban J connectivity index is 2.35. The molecule has 1 heterocycles. The van der Waals surface area contributed by atoms with Crippen LogP contribution in [0.2, 0.25) is 0 Å². The van der Waals surface area contributed by atoms with Crippen molar-refractivity contribution in [2.24, 2.45) is 0 Å². The normalized spacial score (nSPS) is 21.3. The molecule has 100 valence electrons. The highest BCUT2D eigenvalue weighted by molar-refractivity contribution is 7.89. The van der Waals surface area contributed by atoms with E-state index in [1.165, 1.54) is 0 Å². The second kappa shape index (κ2) is 5.59. The van der Waals surface area contributed by atoms with E-state index in [-0.39, 0.29) is 6.04 Å². The van der Waals surface area contributed by atoms with E-state index < -0.39 is 10.0 Å². The summed E-state index contributed by atoms with van der Waals surface area (Å²) in [5.41, 5.74) is 0.838.